The molecule has 1 aliphatic rings. The molecule has 0 saturated heterocycles. The van der Waals surface area contributed by atoms with Gasteiger partial charge in [-0.05, 0) is 50.3 Å². The van der Waals surface area contributed by atoms with Crippen LogP contribution < -0.4 is 5.32 Å². The van der Waals surface area contributed by atoms with Gasteiger partial charge in [-0.2, -0.15) is 0 Å². The van der Waals surface area contributed by atoms with E-state index >= 15 is 0 Å². The molecule has 0 spiro atoms. The van der Waals surface area contributed by atoms with Crippen molar-refractivity contribution < 1.29 is 0 Å². The van der Waals surface area contributed by atoms with Crippen molar-refractivity contribution in [1.82, 2.24) is 5.32 Å². The van der Waals surface area contributed by atoms with Gasteiger partial charge in [-0.3, -0.25) is 0 Å². The highest BCUT2D eigenvalue weighted by Crippen LogP contribution is 2.28. The summed E-state index contributed by atoms with van der Waals surface area (Å²) < 4.78 is 1.15. The highest BCUT2D eigenvalue weighted by molar-refractivity contribution is 9.10. The van der Waals surface area contributed by atoms with Crippen molar-refractivity contribution in [1.29, 1.82) is 0 Å². The van der Waals surface area contributed by atoms with Crippen LogP contribution in [0.1, 0.15) is 51.1 Å². The van der Waals surface area contributed by atoms with Crippen LogP contribution in [0.2, 0.25) is 0 Å². The van der Waals surface area contributed by atoms with Gasteiger partial charge in [0.25, 0.3) is 0 Å². The lowest BCUT2D eigenvalue weighted by Gasteiger charge is -2.25. The van der Waals surface area contributed by atoms with E-state index in [-0.39, 0.29) is 0 Å². The Balaban J connectivity index is 1.91. The second kappa shape index (κ2) is 6.01. The molecule has 0 aliphatic heterocycles. The summed E-state index contributed by atoms with van der Waals surface area (Å²) in [6.45, 7) is 4.60. The van der Waals surface area contributed by atoms with E-state index in [1.807, 2.05) is 0 Å². The molecular weight excluding hydrogens is 274 g/mol. The Bertz CT molecular complexity index is 340. The number of halogens is 1. The molecule has 1 fully saturated rings. The van der Waals surface area contributed by atoms with Crippen molar-refractivity contribution in [2.24, 2.45) is 5.92 Å². The van der Waals surface area contributed by atoms with Gasteiger partial charge in [-0.1, -0.05) is 40.9 Å². The molecule has 1 unspecified atom stereocenters. The maximum absolute atomic E-state index is 3.74. The van der Waals surface area contributed by atoms with Crippen LogP contribution in [0.4, 0.5) is 0 Å². The maximum Gasteiger partial charge on any atom is 0.0294 e. The number of benzene rings is 1. The molecule has 0 bridgehead atoms. The Morgan fingerprint density at radius 3 is 2.29 bits per heavy atom. The number of rotatable bonds is 4. The van der Waals surface area contributed by atoms with Crippen molar-refractivity contribution in [2.45, 2.75) is 51.6 Å². The van der Waals surface area contributed by atoms with Gasteiger partial charge in [0.2, 0.25) is 0 Å². The Morgan fingerprint density at radius 2 is 1.71 bits per heavy atom. The first kappa shape index (κ1) is 13.1. The third-order valence-corrected chi connectivity index (χ3v) is 4.52. The minimum absolute atomic E-state index is 0.443. The van der Waals surface area contributed by atoms with Crippen LogP contribution in [-0.4, -0.2) is 6.04 Å². The van der Waals surface area contributed by atoms with Gasteiger partial charge >= 0.3 is 0 Å². The fourth-order valence-electron chi connectivity index (χ4n) is 2.84. The molecule has 1 aromatic rings. The van der Waals surface area contributed by atoms with Crippen LogP contribution in [0.3, 0.4) is 0 Å². The second-order valence-electron chi connectivity index (χ2n) is 5.27. The molecule has 0 radical (unpaired) electrons. The largest absolute Gasteiger partial charge is 0.307 e. The fraction of sp³-hybridized carbons (Fsp3) is 0.600. The van der Waals surface area contributed by atoms with E-state index in [0.717, 1.165) is 10.4 Å². The molecule has 1 aromatic carbocycles. The van der Waals surface area contributed by atoms with Gasteiger partial charge in [0.1, 0.15) is 0 Å². The van der Waals surface area contributed by atoms with E-state index in [4.69, 9.17) is 0 Å². The summed E-state index contributed by atoms with van der Waals surface area (Å²) >= 11 is 3.48. The first-order valence-electron chi connectivity index (χ1n) is 6.68. The molecule has 0 amide bonds. The summed E-state index contributed by atoms with van der Waals surface area (Å²) in [5.41, 5.74) is 1.37. The molecule has 1 aliphatic carbocycles. The molecule has 17 heavy (non-hydrogen) atoms. The fourth-order valence-corrected chi connectivity index (χ4v) is 3.10. The first-order valence-corrected chi connectivity index (χ1v) is 7.47. The van der Waals surface area contributed by atoms with Crippen LogP contribution in [0.25, 0.3) is 0 Å². The zero-order valence-corrected chi connectivity index (χ0v) is 12.3. The van der Waals surface area contributed by atoms with Gasteiger partial charge in [-0.15, -0.1) is 0 Å². The minimum atomic E-state index is 0.443. The highest BCUT2D eigenvalue weighted by atomic mass is 79.9. The van der Waals surface area contributed by atoms with E-state index in [9.17, 15) is 0 Å². The average Bonchev–Trinajstić information content (AvgIpc) is 2.83. The molecule has 0 heterocycles. The minimum Gasteiger partial charge on any atom is -0.307 e. The van der Waals surface area contributed by atoms with E-state index in [2.05, 4.69) is 59.4 Å². The molecule has 2 atom stereocenters. The quantitative estimate of drug-likeness (QED) is 0.850. The maximum atomic E-state index is 3.74. The van der Waals surface area contributed by atoms with E-state index in [1.165, 1.54) is 31.2 Å². The molecule has 0 aromatic heterocycles. The highest BCUT2D eigenvalue weighted by Gasteiger charge is 2.22. The lowest BCUT2D eigenvalue weighted by Crippen LogP contribution is -2.34. The molecule has 1 N–H and O–H groups in total. The molecule has 94 valence electrons. The molecule has 2 rings (SSSR count). The molecule has 1 nitrogen and oxygen atoms in total. The predicted octanol–water partition coefficient (Wildman–Crippen LogP) is 4.68. The monoisotopic (exact) mass is 295 g/mol. The zero-order valence-electron chi connectivity index (χ0n) is 10.7. The molecule has 2 heteroatoms. The summed E-state index contributed by atoms with van der Waals surface area (Å²) in [5, 5.41) is 3.74. The van der Waals surface area contributed by atoms with Crippen molar-refractivity contribution in [3.05, 3.63) is 34.3 Å². The normalized spacial score (nSPS) is 20.4. The van der Waals surface area contributed by atoms with Gasteiger partial charge in [-0.25, -0.2) is 0 Å². The zero-order chi connectivity index (χ0) is 12.3. The van der Waals surface area contributed by atoms with E-state index in [0.29, 0.717) is 12.1 Å². The number of hydrogen-bond acceptors (Lipinski definition) is 1. The van der Waals surface area contributed by atoms with Crippen LogP contribution in [0.15, 0.2) is 28.7 Å². The first-order chi connectivity index (χ1) is 8.16. The van der Waals surface area contributed by atoms with Gasteiger partial charge < -0.3 is 5.32 Å². The SMILES string of the molecule is CC(N[C@H](C)C1CCCC1)c1ccc(Br)cc1. The third kappa shape index (κ3) is 3.56. The topological polar surface area (TPSA) is 12.0 Å². The summed E-state index contributed by atoms with van der Waals surface area (Å²) in [6.07, 6.45) is 5.65. The summed E-state index contributed by atoms with van der Waals surface area (Å²) in [7, 11) is 0. The Hall–Kier alpha value is -0.340. The third-order valence-electron chi connectivity index (χ3n) is 3.99. The molecular formula is C15H22BrN. The van der Waals surface area contributed by atoms with Crippen molar-refractivity contribution in [2.75, 3.05) is 0 Å². The lowest BCUT2D eigenvalue weighted by atomic mass is 9.98. The van der Waals surface area contributed by atoms with Crippen LogP contribution >= 0.6 is 15.9 Å². The van der Waals surface area contributed by atoms with Crippen molar-refractivity contribution in [3.63, 3.8) is 0 Å². The van der Waals surface area contributed by atoms with E-state index < -0.39 is 0 Å². The van der Waals surface area contributed by atoms with Gasteiger partial charge in [0.15, 0.2) is 0 Å². The van der Waals surface area contributed by atoms with Gasteiger partial charge in [0, 0.05) is 16.6 Å². The van der Waals surface area contributed by atoms with Crippen molar-refractivity contribution >= 4 is 15.9 Å². The summed E-state index contributed by atoms with van der Waals surface area (Å²) in [5.74, 6) is 0.882. The summed E-state index contributed by atoms with van der Waals surface area (Å²) in [6, 6.07) is 9.71. The lowest BCUT2D eigenvalue weighted by molar-refractivity contribution is 0.352. The van der Waals surface area contributed by atoms with Crippen LogP contribution in [0, 0.1) is 5.92 Å². The Kier molecular flexibility index (Phi) is 4.63. The smallest absolute Gasteiger partial charge is 0.0294 e. The number of nitrogens with one attached hydrogen (secondary N) is 1. The average molecular weight is 296 g/mol. The molecule has 1 saturated carbocycles. The predicted molar refractivity (Wildman–Crippen MR) is 77.1 cm³/mol. The van der Waals surface area contributed by atoms with E-state index in [1.54, 1.807) is 0 Å². The second-order valence-corrected chi connectivity index (χ2v) is 6.19. The van der Waals surface area contributed by atoms with Gasteiger partial charge in [0.05, 0.1) is 0 Å². The van der Waals surface area contributed by atoms with Crippen LogP contribution in [0.5, 0.6) is 0 Å². The van der Waals surface area contributed by atoms with Crippen molar-refractivity contribution in [3.8, 4) is 0 Å². The Labute approximate surface area is 113 Å². The number of hydrogen-bond donors (Lipinski definition) is 1. The van der Waals surface area contributed by atoms with Crippen LogP contribution in [-0.2, 0) is 0 Å². The Morgan fingerprint density at radius 1 is 1.12 bits per heavy atom. The standard InChI is InChI=1S/C15H22BrN/c1-11(13-5-3-4-6-13)17-12(2)14-7-9-15(16)10-8-14/h7-13,17H,3-6H2,1-2H3/t11-,12?/m1/s1. The summed E-state index contributed by atoms with van der Waals surface area (Å²) in [4.78, 5) is 0.